The molecule has 0 atom stereocenters. The van der Waals surface area contributed by atoms with Crippen molar-refractivity contribution < 1.29 is 23.1 Å². The van der Waals surface area contributed by atoms with Gasteiger partial charge in [-0.15, -0.1) is 10.2 Å². The molecule has 4 rings (SSSR count). The lowest BCUT2D eigenvalue weighted by molar-refractivity contribution is -0.192. The van der Waals surface area contributed by atoms with Crippen LogP contribution in [0.5, 0.6) is 0 Å². The second-order valence-electron chi connectivity index (χ2n) is 6.89. The zero-order valence-corrected chi connectivity index (χ0v) is 16.3. The van der Waals surface area contributed by atoms with E-state index in [1.807, 2.05) is 30.1 Å². The van der Waals surface area contributed by atoms with Crippen molar-refractivity contribution in [2.24, 2.45) is 7.05 Å². The van der Waals surface area contributed by atoms with Crippen molar-refractivity contribution in [1.82, 2.24) is 34.0 Å². The maximum atomic E-state index is 10.6. The van der Waals surface area contributed by atoms with Crippen LogP contribution in [0.4, 0.5) is 13.2 Å². The van der Waals surface area contributed by atoms with Crippen LogP contribution in [-0.2, 0) is 37.9 Å². The first kappa shape index (κ1) is 21.6. The first-order chi connectivity index (χ1) is 14.2. The van der Waals surface area contributed by atoms with E-state index in [9.17, 15) is 13.2 Å². The standard InChI is InChI=1S/C16H21N7.C2HF3O2/c1-20-11-14(10-17-20)12-22-7-4-15-18-19-16(23(15)9-8-22)13-21-5-2-3-6-21;3-2(4,5)1(6)7/h2-3,5-6,10-11H,4,7-9,12-13H2,1H3;(H,6,7). The average Bonchev–Trinajstić information content (AvgIpc) is 3.38. The molecule has 9 nitrogen and oxygen atoms in total. The highest BCUT2D eigenvalue weighted by molar-refractivity contribution is 5.73. The molecular formula is C18H22F3N7O2. The minimum Gasteiger partial charge on any atom is -0.475 e. The molecule has 0 radical (unpaired) electrons. The Morgan fingerprint density at radius 2 is 1.83 bits per heavy atom. The quantitative estimate of drug-likeness (QED) is 0.682. The molecule has 30 heavy (non-hydrogen) atoms. The maximum Gasteiger partial charge on any atom is 0.490 e. The number of aromatic nitrogens is 6. The SMILES string of the molecule is Cn1cc(CN2CCc3nnc(Cn4cccc4)n3CC2)cn1.O=C(O)C(F)(F)F. The summed E-state index contributed by atoms with van der Waals surface area (Å²) in [5, 5.41) is 20.2. The van der Waals surface area contributed by atoms with E-state index in [2.05, 4.69) is 47.9 Å². The molecular weight excluding hydrogens is 403 g/mol. The Morgan fingerprint density at radius 3 is 2.43 bits per heavy atom. The summed E-state index contributed by atoms with van der Waals surface area (Å²) in [6.45, 7) is 4.69. The van der Waals surface area contributed by atoms with Gasteiger partial charge < -0.3 is 14.2 Å². The molecule has 0 unspecified atom stereocenters. The van der Waals surface area contributed by atoms with Crippen molar-refractivity contribution in [2.75, 3.05) is 13.1 Å². The summed E-state index contributed by atoms with van der Waals surface area (Å²) in [5.41, 5.74) is 1.26. The lowest BCUT2D eigenvalue weighted by atomic mass is 10.3. The third-order valence-corrected chi connectivity index (χ3v) is 4.59. The molecule has 0 aromatic carbocycles. The monoisotopic (exact) mass is 425 g/mol. The number of carboxylic acid groups (broad SMARTS) is 1. The van der Waals surface area contributed by atoms with Crippen molar-refractivity contribution in [3.8, 4) is 0 Å². The number of hydrogen-bond acceptors (Lipinski definition) is 5. The fourth-order valence-electron chi connectivity index (χ4n) is 3.15. The number of halogens is 3. The lowest BCUT2D eigenvalue weighted by Crippen LogP contribution is -2.26. The van der Waals surface area contributed by atoms with Crippen LogP contribution < -0.4 is 0 Å². The highest BCUT2D eigenvalue weighted by Crippen LogP contribution is 2.14. The molecule has 4 heterocycles. The Kier molecular flexibility index (Phi) is 6.55. The van der Waals surface area contributed by atoms with Gasteiger partial charge in [0.15, 0.2) is 5.82 Å². The molecule has 0 saturated carbocycles. The summed E-state index contributed by atoms with van der Waals surface area (Å²) in [7, 11) is 1.96. The van der Waals surface area contributed by atoms with Crippen LogP contribution in [0, 0.1) is 0 Å². The number of hydrogen-bond donors (Lipinski definition) is 1. The van der Waals surface area contributed by atoms with E-state index in [4.69, 9.17) is 9.90 Å². The molecule has 1 aliphatic heterocycles. The predicted octanol–water partition coefficient (Wildman–Crippen LogP) is 1.55. The Hall–Kier alpha value is -3.15. The molecule has 0 bridgehead atoms. The Bertz CT molecular complexity index is 963. The Labute approximate surface area is 170 Å². The van der Waals surface area contributed by atoms with Crippen molar-refractivity contribution >= 4 is 5.97 Å². The van der Waals surface area contributed by atoms with Gasteiger partial charge in [-0.25, -0.2) is 4.79 Å². The van der Waals surface area contributed by atoms with Crippen molar-refractivity contribution in [3.63, 3.8) is 0 Å². The van der Waals surface area contributed by atoms with Gasteiger partial charge in [0, 0.05) is 63.8 Å². The van der Waals surface area contributed by atoms with Crippen LogP contribution in [0.25, 0.3) is 0 Å². The second kappa shape index (κ2) is 9.11. The number of carboxylic acids is 1. The number of carbonyl (C=O) groups is 1. The highest BCUT2D eigenvalue weighted by Gasteiger charge is 2.38. The molecule has 3 aromatic rings. The normalized spacial score (nSPS) is 14.5. The Balaban J connectivity index is 0.000000318. The molecule has 1 N–H and O–H groups in total. The number of aryl methyl sites for hydroxylation is 1. The van der Waals surface area contributed by atoms with Gasteiger partial charge >= 0.3 is 12.1 Å². The first-order valence-electron chi connectivity index (χ1n) is 9.24. The minimum atomic E-state index is -5.08. The van der Waals surface area contributed by atoms with Crippen molar-refractivity contribution in [3.05, 3.63) is 54.1 Å². The summed E-state index contributed by atoms with van der Waals surface area (Å²) < 4.78 is 38.0. The number of nitrogens with zero attached hydrogens (tertiary/aromatic N) is 7. The first-order valence-corrected chi connectivity index (χ1v) is 9.24. The van der Waals surface area contributed by atoms with E-state index in [-0.39, 0.29) is 0 Å². The molecule has 1 aliphatic rings. The van der Waals surface area contributed by atoms with Gasteiger partial charge in [0.05, 0.1) is 12.7 Å². The summed E-state index contributed by atoms with van der Waals surface area (Å²) in [6, 6.07) is 4.07. The molecule has 0 aliphatic carbocycles. The molecule has 0 amide bonds. The van der Waals surface area contributed by atoms with Crippen LogP contribution in [0.15, 0.2) is 36.9 Å². The molecule has 12 heteroatoms. The van der Waals surface area contributed by atoms with Gasteiger partial charge in [0.1, 0.15) is 5.82 Å². The summed E-state index contributed by atoms with van der Waals surface area (Å²) in [4.78, 5) is 11.4. The smallest absolute Gasteiger partial charge is 0.475 e. The molecule has 0 fully saturated rings. The van der Waals surface area contributed by atoms with Crippen LogP contribution in [0.3, 0.4) is 0 Å². The third-order valence-electron chi connectivity index (χ3n) is 4.59. The fourth-order valence-corrected chi connectivity index (χ4v) is 3.15. The number of fused-ring (bicyclic) bond motifs is 1. The van der Waals surface area contributed by atoms with Crippen molar-refractivity contribution in [1.29, 1.82) is 0 Å². The second-order valence-corrected chi connectivity index (χ2v) is 6.89. The number of rotatable bonds is 4. The van der Waals surface area contributed by atoms with E-state index >= 15 is 0 Å². The largest absolute Gasteiger partial charge is 0.490 e. The van der Waals surface area contributed by atoms with Gasteiger partial charge in [-0.3, -0.25) is 9.58 Å². The third kappa shape index (κ3) is 5.69. The molecule has 0 saturated heterocycles. The van der Waals surface area contributed by atoms with Gasteiger partial charge in [-0.05, 0) is 12.1 Å². The van der Waals surface area contributed by atoms with Crippen LogP contribution in [0.1, 0.15) is 17.2 Å². The van der Waals surface area contributed by atoms with E-state index in [1.54, 1.807) is 0 Å². The van der Waals surface area contributed by atoms with E-state index < -0.39 is 12.1 Å². The van der Waals surface area contributed by atoms with Crippen LogP contribution in [0.2, 0.25) is 0 Å². The number of alkyl halides is 3. The summed E-state index contributed by atoms with van der Waals surface area (Å²) >= 11 is 0. The van der Waals surface area contributed by atoms with Gasteiger partial charge in [0.25, 0.3) is 0 Å². The topological polar surface area (TPSA) is 94.0 Å². The van der Waals surface area contributed by atoms with Gasteiger partial charge in [0.2, 0.25) is 0 Å². The van der Waals surface area contributed by atoms with E-state index in [0.717, 1.165) is 50.8 Å². The zero-order valence-electron chi connectivity index (χ0n) is 16.3. The average molecular weight is 425 g/mol. The zero-order chi connectivity index (χ0) is 21.7. The maximum absolute atomic E-state index is 10.6. The highest BCUT2D eigenvalue weighted by atomic mass is 19.4. The molecule has 3 aromatic heterocycles. The van der Waals surface area contributed by atoms with E-state index in [1.165, 1.54) is 5.56 Å². The Morgan fingerprint density at radius 1 is 1.13 bits per heavy atom. The predicted molar refractivity (Wildman–Crippen MR) is 99.4 cm³/mol. The lowest BCUT2D eigenvalue weighted by Gasteiger charge is -2.18. The summed E-state index contributed by atoms with van der Waals surface area (Å²) in [6.07, 6.45) is 4.02. The van der Waals surface area contributed by atoms with Crippen LogP contribution >= 0.6 is 0 Å². The van der Waals surface area contributed by atoms with Crippen LogP contribution in [-0.4, -0.2) is 64.4 Å². The summed E-state index contributed by atoms with van der Waals surface area (Å²) in [5.74, 6) is -0.618. The minimum absolute atomic E-state index is 0.780. The van der Waals surface area contributed by atoms with Crippen molar-refractivity contribution in [2.45, 2.75) is 32.2 Å². The van der Waals surface area contributed by atoms with Gasteiger partial charge in [-0.2, -0.15) is 18.3 Å². The van der Waals surface area contributed by atoms with Gasteiger partial charge in [-0.1, -0.05) is 0 Å². The molecule has 0 spiro atoms. The molecule has 162 valence electrons. The van der Waals surface area contributed by atoms with E-state index in [0.29, 0.717) is 0 Å². The fraction of sp³-hybridized carbons (Fsp3) is 0.444. The number of aliphatic carboxylic acids is 1.